The molecule has 1 atom stereocenters. The van der Waals surface area contributed by atoms with Gasteiger partial charge in [0.25, 0.3) is 0 Å². The molecule has 0 aliphatic rings. The van der Waals surface area contributed by atoms with Crippen LogP contribution < -0.4 is 11.1 Å². The van der Waals surface area contributed by atoms with Gasteiger partial charge in [-0.2, -0.15) is 0 Å². The number of carbonyl (C=O) groups is 1. The van der Waals surface area contributed by atoms with E-state index in [4.69, 9.17) is 10.5 Å². The fraction of sp³-hybridized carbons (Fsp3) is 0.417. The van der Waals surface area contributed by atoms with Crippen LogP contribution in [0.2, 0.25) is 0 Å². The number of amides is 1. The van der Waals surface area contributed by atoms with E-state index in [1.807, 2.05) is 6.92 Å². The molecule has 18 heavy (non-hydrogen) atoms. The van der Waals surface area contributed by atoms with Crippen molar-refractivity contribution in [1.29, 1.82) is 0 Å². The van der Waals surface area contributed by atoms with Gasteiger partial charge in [0, 0.05) is 12.6 Å². The molecule has 1 unspecified atom stereocenters. The Balaban J connectivity index is 2.41. The largest absolute Gasteiger partial charge is 0.507 e. The van der Waals surface area contributed by atoms with E-state index in [2.05, 4.69) is 5.32 Å². The normalized spacial score (nSPS) is 12.3. The number of nitrogens with one attached hydrogen (secondary N) is 1. The lowest BCUT2D eigenvalue weighted by Crippen LogP contribution is -2.26. The van der Waals surface area contributed by atoms with Crippen molar-refractivity contribution in [2.24, 2.45) is 5.73 Å². The van der Waals surface area contributed by atoms with E-state index in [0.717, 1.165) is 0 Å². The number of primary amides is 1. The predicted molar refractivity (Wildman–Crippen MR) is 66.2 cm³/mol. The Hall–Kier alpha value is -1.79. The van der Waals surface area contributed by atoms with Gasteiger partial charge in [0.05, 0.1) is 12.2 Å². The maximum atomic E-state index is 10.4. The number of phenolic OH excluding ortho intramolecular Hbond substituents is 2. The van der Waals surface area contributed by atoms with Crippen molar-refractivity contribution < 1.29 is 19.7 Å². The average Bonchev–Trinajstić information content (AvgIpc) is 2.27. The first-order valence-electron chi connectivity index (χ1n) is 5.62. The summed E-state index contributed by atoms with van der Waals surface area (Å²) in [6.07, 6.45) is 0. The van der Waals surface area contributed by atoms with Crippen LogP contribution in [0.3, 0.4) is 0 Å². The molecule has 6 nitrogen and oxygen atoms in total. The molecule has 0 aliphatic heterocycles. The smallest absolute Gasteiger partial charge is 0.243 e. The van der Waals surface area contributed by atoms with E-state index in [1.165, 1.54) is 12.1 Å². The van der Waals surface area contributed by atoms with Crippen LogP contribution in [0.5, 0.6) is 11.5 Å². The monoisotopic (exact) mass is 254 g/mol. The van der Waals surface area contributed by atoms with E-state index in [9.17, 15) is 15.0 Å². The van der Waals surface area contributed by atoms with Gasteiger partial charge in [-0.15, -0.1) is 0 Å². The third-order valence-corrected chi connectivity index (χ3v) is 2.43. The standard InChI is InChI=1S/C12H18N2O4/c1-8(14-5-6-18-7-11(13)17)12-9(15)3-2-4-10(12)16/h2-4,8,14-16H,5-7H2,1H3,(H2,13,17). The van der Waals surface area contributed by atoms with Crippen LogP contribution in [0, 0.1) is 0 Å². The van der Waals surface area contributed by atoms with Crippen molar-refractivity contribution in [1.82, 2.24) is 5.32 Å². The predicted octanol–water partition coefficient (Wildman–Crippen LogP) is 0.250. The molecule has 0 aromatic heterocycles. The minimum atomic E-state index is -0.513. The second-order valence-corrected chi connectivity index (χ2v) is 3.90. The minimum Gasteiger partial charge on any atom is -0.507 e. The highest BCUT2D eigenvalue weighted by Gasteiger charge is 2.13. The van der Waals surface area contributed by atoms with Crippen LogP contribution >= 0.6 is 0 Å². The number of hydrogen-bond donors (Lipinski definition) is 4. The van der Waals surface area contributed by atoms with Crippen LogP contribution in [-0.4, -0.2) is 35.9 Å². The summed E-state index contributed by atoms with van der Waals surface area (Å²) >= 11 is 0. The molecular formula is C12H18N2O4. The van der Waals surface area contributed by atoms with Gasteiger partial charge in [-0.1, -0.05) is 6.07 Å². The zero-order valence-corrected chi connectivity index (χ0v) is 10.2. The molecule has 6 heteroatoms. The van der Waals surface area contributed by atoms with Crippen LogP contribution in [0.1, 0.15) is 18.5 Å². The molecular weight excluding hydrogens is 236 g/mol. The summed E-state index contributed by atoms with van der Waals surface area (Å²) in [7, 11) is 0. The molecule has 0 saturated heterocycles. The van der Waals surface area contributed by atoms with Crippen molar-refractivity contribution >= 4 is 5.91 Å². The lowest BCUT2D eigenvalue weighted by molar-refractivity contribution is -0.122. The van der Waals surface area contributed by atoms with Crippen LogP contribution in [-0.2, 0) is 9.53 Å². The van der Waals surface area contributed by atoms with Gasteiger partial charge in [0.15, 0.2) is 0 Å². The van der Waals surface area contributed by atoms with E-state index < -0.39 is 5.91 Å². The summed E-state index contributed by atoms with van der Waals surface area (Å²) in [4.78, 5) is 10.4. The highest BCUT2D eigenvalue weighted by atomic mass is 16.5. The number of rotatable bonds is 7. The van der Waals surface area contributed by atoms with Gasteiger partial charge in [0.2, 0.25) is 5.91 Å². The second kappa shape index (κ2) is 6.83. The Morgan fingerprint density at radius 1 is 1.44 bits per heavy atom. The van der Waals surface area contributed by atoms with Crippen molar-refractivity contribution in [3.05, 3.63) is 23.8 Å². The molecule has 0 bridgehead atoms. The van der Waals surface area contributed by atoms with Gasteiger partial charge < -0.3 is 26.0 Å². The van der Waals surface area contributed by atoms with Gasteiger partial charge in [-0.05, 0) is 19.1 Å². The molecule has 1 rings (SSSR count). The highest BCUT2D eigenvalue weighted by molar-refractivity contribution is 5.74. The maximum absolute atomic E-state index is 10.4. The third kappa shape index (κ3) is 4.23. The fourth-order valence-electron chi connectivity index (χ4n) is 1.61. The first kappa shape index (κ1) is 14.3. The van der Waals surface area contributed by atoms with Crippen LogP contribution in [0.25, 0.3) is 0 Å². The summed E-state index contributed by atoms with van der Waals surface area (Å²) in [5.41, 5.74) is 5.35. The van der Waals surface area contributed by atoms with E-state index in [1.54, 1.807) is 6.07 Å². The van der Waals surface area contributed by atoms with Crippen molar-refractivity contribution in [3.63, 3.8) is 0 Å². The summed E-state index contributed by atoms with van der Waals surface area (Å²) in [6, 6.07) is 4.35. The Morgan fingerprint density at radius 2 is 2.06 bits per heavy atom. The Kier molecular flexibility index (Phi) is 5.41. The van der Waals surface area contributed by atoms with E-state index in [-0.39, 0.29) is 24.1 Å². The number of carbonyl (C=O) groups excluding carboxylic acids is 1. The number of ether oxygens (including phenoxy) is 1. The molecule has 0 spiro atoms. The zero-order chi connectivity index (χ0) is 13.5. The Morgan fingerprint density at radius 3 is 2.61 bits per heavy atom. The Labute approximate surface area is 105 Å². The van der Waals surface area contributed by atoms with Gasteiger partial charge in [-0.3, -0.25) is 4.79 Å². The van der Waals surface area contributed by atoms with Crippen LogP contribution in [0.4, 0.5) is 0 Å². The SMILES string of the molecule is CC(NCCOCC(N)=O)c1c(O)cccc1O. The summed E-state index contributed by atoms with van der Waals surface area (Å²) in [6.45, 7) is 2.49. The van der Waals surface area contributed by atoms with E-state index >= 15 is 0 Å². The zero-order valence-electron chi connectivity index (χ0n) is 10.2. The third-order valence-electron chi connectivity index (χ3n) is 2.43. The number of nitrogens with two attached hydrogens (primary N) is 1. The lowest BCUT2D eigenvalue weighted by atomic mass is 10.1. The number of phenols is 2. The molecule has 1 aromatic carbocycles. The fourth-order valence-corrected chi connectivity index (χ4v) is 1.61. The van der Waals surface area contributed by atoms with Crippen molar-refractivity contribution in [3.8, 4) is 11.5 Å². The molecule has 1 amide bonds. The summed E-state index contributed by atoms with van der Waals surface area (Å²) in [5.74, 6) is -0.442. The highest BCUT2D eigenvalue weighted by Crippen LogP contribution is 2.31. The number of benzene rings is 1. The molecule has 0 heterocycles. The van der Waals surface area contributed by atoms with Crippen molar-refractivity contribution in [2.75, 3.05) is 19.8 Å². The quantitative estimate of drug-likeness (QED) is 0.522. The van der Waals surface area contributed by atoms with Gasteiger partial charge >= 0.3 is 0 Å². The maximum Gasteiger partial charge on any atom is 0.243 e. The second-order valence-electron chi connectivity index (χ2n) is 3.90. The summed E-state index contributed by atoms with van der Waals surface area (Å²) < 4.78 is 4.98. The molecule has 1 aromatic rings. The topological polar surface area (TPSA) is 105 Å². The molecule has 0 fully saturated rings. The molecule has 100 valence electrons. The summed E-state index contributed by atoms with van der Waals surface area (Å²) in [5, 5.41) is 22.3. The number of aromatic hydroxyl groups is 2. The molecule has 5 N–H and O–H groups in total. The average molecular weight is 254 g/mol. The first-order valence-corrected chi connectivity index (χ1v) is 5.62. The molecule has 0 aliphatic carbocycles. The lowest BCUT2D eigenvalue weighted by Gasteiger charge is -2.16. The molecule has 0 radical (unpaired) electrons. The minimum absolute atomic E-state index is 0.0352. The Bertz CT molecular complexity index is 389. The van der Waals surface area contributed by atoms with Gasteiger partial charge in [0.1, 0.15) is 18.1 Å². The van der Waals surface area contributed by atoms with Gasteiger partial charge in [-0.25, -0.2) is 0 Å². The number of hydrogen-bond acceptors (Lipinski definition) is 5. The van der Waals surface area contributed by atoms with Crippen molar-refractivity contribution in [2.45, 2.75) is 13.0 Å². The first-order chi connectivity index (χ1) is 8.52. The van der Waals surface area contributed by atoms with E-state index in [0.29, 0.717) is 18.7 Å². The van der Waals surface area contributed by atoms with Crippen LogP contribution in [0.15, 0.2) is 18.2 Å². The molecule has 0 saturated carbocycles.